The fourth-order valence-electron chi connectivity index (χ4n) is 3.22. The zero-order valence-electron chi connectivity index (χ0n) is 17.8. The van der Waals surface area contributed by atoms with Crippen LogP contribution < -0.4 is 4.74 Å². The first-order chi connectivity index (χ1) is 14.5. The molecule has 0 radical (unpaired) electrons. The molecule has 1 saturated heterocycles. The number of halogens is 3. The number of rotatable bonds is 6. The second kappa shape index (κ2) is 11.0. The average Bonchev–Trinajstić information content (AvgIpc) is 2.68. The van der Waals surface area contributed by atoms with E-state index in [0.29, 0.717) is 19.4 Å². The lowest BCUT2D eigenvalue weighted by molar-refractivity contribution is -0.0498. The van der Waals surface area contributed by atoms with Crippen LogP contribution in [-0.2, 0) is 4.74 Å². The lowest BCUT2D eigenvalue weighted by atomic mass is 9.97. The normalized spacial score (nSPS) is 17.5. The van der Waals surface area contributed by atoms with E-state index in [9.17, 15) is 23.1 Å². The van der Waals surface area contributed by atoms with Gasteiger partial charge >= 0.3 is 12.7 Å². The molecule has 0 aliphatic carbocycles. The number of carbonyl (C=O) groups excluding carboxylic acids is 1. The highest BCUT2D eigenvalue weighted by molar-refractivity contribution is 5.69. The van der Waals surface area contributed by atoms with Crippen LogP contribution in [0.2, 0.25) is 0 Å². The van der Waals surface area contributed by atoms with Gasteiger partial charge in [0.1, 0.15) is 17.7 Å². The largest absolute Gasteiger partial charge is 0.446 e. The molecule has 1 N–H and O–H groups in total. The van der Waals surface area contributed by atoms with Gasteiger partial charge in [0.05, 0.1) is 11.6 Å². The van der Waals surface area contributed by atoms with E-state index in [1.807, 2.05) is 6.92 Å². The monoisotopic (exact) mass is 439 g/mol. The Morgan fingerprint density at radius 3 is 2.23 bits per heavy atom. The molecular weight excluding hydrogens is 411 g/mol. The van der Waals surface area contributed by atoms with Gasteiger partial charge in [0, 0.05) is 19.4 Å². The lowest BCUT2D eigenvalue weighted by Crippen LogP contribution is -2.45. The summed E-state index contributed by atoms with van der Waals surface area (Å²) in [5, 5.41) is 9.83. The van der Waals surface area contributed by atoms with Crippen molar-refractivity contribution in [2.24, 2.45) is 0 Å². The molecule has 2 atom stereocenters. The molecule has 2 unspecified atom stereocenters. The summed E-state index contributed by atoms with van der Waals surface area (Å²) in [5.41, 5.74) is -0.0892. The zero-order valence-corrected chi connectivity index (χ0v) is 17.8. The van der Waals surface area contributed by atoms with Gasteiger partial charge in [-0.3, -0.25) is 0 Å². The van der Waals surface area contributed by atoms with Crippen LogP contribution in [0.25, 0.3) is 0 Å². The molecule has 31 heavy (non-hydrogen) atoms. The summed E-state index contributed by atoms with van der Waals surface area (Å²) >= 11 is 0. The third-order valence-electron chi connectivity index (χ3n) is 4.71. The van der Waals surface area contributed by atoms with Crippen LogP contribution in [0.15, 0.2) is 54.6 Å². The van der Waals surface area contributed by atoms with Gasteiger partial charge in [-0.1, -0.05) is 30.3 Å². The molecule has 1 heterocycles. The van der Waals surface area contributed by atoms with Crippen molar-refractivity contribution in [1.82, 2.24) is 4.90 Å². The van der Waals surface area contributed by atoms with Gasteiger partial charge in [0.2, 0.25) is 0 Å². The van der Waals surface area contributed by atoms with Gasteiger partial charge in [0.25, 0.3) is 0 Å². The minimum atomic E-state index is -2.86. The predicted octanol–water partition coefficient (Wildman–Crippen LogP) is 5.55. The summed E-state index contributed by atoms with van der Waals surface area (Å²) in [6.07, 6.45) is 0.284. The minimum Gasteiger partial charge on any atom is -0.446 e. The number of ether oxygens (including phenoxy) is 2. The molecule has 0 spiro atoms. The Kier molecular flexibility index (Phi) is 8.74. The van der Waals surface area contributed by atoms with Crippen molar-refractivity contribution in [2.45, 2.75) is 58.0 Å². The van der Waals surface area contributed by atoms with Crippen LogP contribution in [0.3, 0.4) is 0 Å². The zero-order chi connectivity index (χ0) is 23.0. The summed E-state index contributed by atoms with van der Waals surface area (Å²) in [6.45, 7) is 2.85. The molecule has 1 aliphatic rings. The molecule has 5 nitrogen and oxygen atoms in total. The molecule has 170 valence electrons. The maximum Gasteiger partial charge on any atom is 0.410 e. The highest BCUT2D eigenvalue weighted by Crippen LogP contribution is 2.29. The van der Waals surface area contributed by atoms with Gasteiger partial charge in [0.15, 0.2) is 0 Å². The van der Waals surface area contributed by atoms with E-state index in [4.69, 9.17) is 4.74 Å². The van der Waals surface area contributed by atoms with Crippen molar-refractivity contribution >= 4 is 6.09 Å². The molecule has 1 amide bonds. The summed E-state index contributed by atoms with van der Waals surface area (Å²) in [7, 11) is 0. The van der Waals surface area contributed by atoms with Crippen LogP contribution in [0.4, 0.5) is 18.0 Å². The Morgan fingerprint density at radius 1 is 1.16 bits per heavy atom. The number of amides is 1. The number of cyclic esters (lactones) is 1. The molecule has 8 heteroatoms. The number of benzene rings is 2. The fraction of sp³-hybridized carbons (Fsp3) is 0.435. The molecule has 0 saturated carbocycles. The van der Waals surface area contributed by atoms with Crippen LogP contribution >= 0.6 is 0 Å². The summed E-state index contributed by atoms with van der Waals surface area (Å²) in [4.78, 5) is 13.8. The van der Waals surface area contributed by atoms with Crippen LogP contribution in [0, 0.1) is 5.82 Å². The Bertz CT molecular complexity index is 810. The maximum atomic E-state index is 12.2. The first-order valence-corrected chi connectivity index (χ1v) is 10.00. The van der Waals surface area contributed by atoms with E-state index >= 15 is 0 Å². The van der Waals surface area contributed by atoms with E-state index in [0.717, 1.165) is 5.56 Å². The van der Waals surface area contributed by atoms with Crippen molar-refractivity contribution in [3.8, 4) is 5.75 Å². The van der Waals surface area contributed by atoms with E-state index in [1.165, 1.54) is 24.3 Å². The number of hydrogen-bond acceptors (Lipinski definition) is 4. The van der Waals surface area contributed by atoms with Crippen molar-refractivity contribution in [3.63, 3.8) is 0 Å². The van der Waals surface area contributed by atoms with Gasteiger partial charge in [-0.25, -0.2) is 9.18 Å². The van der Waals surface area contributed by atoms with Crippen molar-refractivity contribution in [3.05, 3.63) is 66.0 Å². The Labute approximate surface area is 180 Å². The van der Waals surface area contributed by atoms with E-state index in [2.05, 4.69) is 4.74 Å². The van der Waals surface area contributed by atoms with Crippen LogP contribution in [-0.4, -0.2) is 41.0 Å². The maximum absolute atomic E-state index is 12.2. The smallest absolute Gasteiger partial charge is 0.410 e. The topological polar surface area (TPSA) is 59.0 Å². The van der Waals surface area contributed by atoms with Gasteiger partial charge in [-0.05, 0) is 50.6 Å². The Hall–Kier alpha value is -2.74. The number of carbonyl (C=O) groups is 1. The molecule has 2 aromatic rings. The Balaban J connectivity index is 0.000000412. The summed E-state index contributed by atoms with van der Waals surface area (Å²) in [6, 6.07) is 13.9. The third-order valence-corrected chi connectivity index (χ3v) is 4.71. The second-order valence-electron chi connectivity index (χ2n) is 7.92. The van der Waals surface area contributed by atoms with Crippen LogP contribution in [0.5, 0.6) is 5.75 Å². The standard InChI is InChI=1S/C17H23F2NO4.C6H5F/c1-11(12-4-6-13(7-5-12)23-15(18)19)20-9-8-14(24-16(20)21)10-17(2,3)22;7-6-4-2-1-3-5-6/h4-7,11,14-15,22H,8-10H2,1-3H3;1-5H. The number of alkyl halides is 2. The molecular formula is C23H28F3NO4. The van der Waals surface area contributed by atoms with Gasteiger partial charge in [-0.15, -0.1) is 0 Å². The van der Waals surface area contributed by atoms with Crippen molar-refractivity contribution in [2.75, 3.05) is 6.54 Å². The fourth-order valence-corrected chi connectivity index (χ4v) is 3.22. The molecule has 3 rings (SSSR count). The van der Waals surface area contributed by atoms with E-state index in [1.54, 1.807) is 49.1 Å². The molecule has 0 bridgehead atoms. The first kappa shape index (κ1) is 24.5. The van der Waals surface area contributed by atoms with E-state index < -0.39 is 18.3 Å². The summed E-state index contributed by atoms with van der Waals surface area (Å²) < 4.78 is 46.0. The van der Waals surface area contributed by atoms with Crippen molar-refractivity contribution in [1.29, 1.82) is 0 Å². The second-order valence-corrected chi connectivity index (χ2v) is 7.92. The van der Waals surface area contributed by atoms with E-state index in [-0.39, 0.29) is 23.7 Å². The molecule has 1 fully saturated rings. The highest BCUT2D eigenvalue weighted by atomic mass is 19.3. The average molecular weight is 439 g/mol. The minimum absolute atomic E-state index is 0.0763. The highest BCUT2D eigenvalue weighted by Gasteiger charge is 2.33. The van der Waals surface area contributed by atoms with Gasteiger partial charge in [-0.2, -0.15) is 8.78 Å². The molecule has 1 aliphatic heterocycles. The summed E-state index contributed by atoms with van der Waals surface area (Å²) in [5.74, 6) is -0.102. The van der Waals surface area contributed by atoms with Gasteiger partial charge < -0.3 is 19.5 Å². The molecule has 0 aromatic heterocycles. The SMILES string of the molecule is CC(c1ccc(OC(F)F)cc1)N1CCC(CC(C)(C)O)OC1=O.Fc1ccccc1. The van der Waals surface area contributed by atoms with Crippen molar-refractivity contribution < 1.29 is 32.5 Å². The molecule has 2 aromatic carbocycles. The third kappa shape index (κ3) is 8.49. The predicted molar refractivity (Wildman–Crippen MR) is 110 cm³/mol. The number of nitrogens with zero attached hydrogens (tertiary/aromatic N) is 1. The quantitative estimate of drug-likeness (QED) is 0.642. The Morgan fingerprint density at radius 2 is 1.77 bits per heavy atom. The number of hydrogen-bond donors (Lipinski definition) is 1. The lowest BCUT2D eigenvalue weighted by Gasteiger charge is -2.37. The number of aliphatic hydroxyl groups is 1. The first-order valence-electron chi connectivity index (χ1n) is 10.00. The van der Waals surface area contributed by atoms with Crippen LogP contribution in [0.1, 0.15) is 45.2 Å².